The van der Waals surface area contributed by atoms with Crippen LogP contribution in [0.15, 0.2) is 42.5 Å². The van der Waals surface area contributed by atoms with E-state index in [4.69, 9.17) is 4.74 Å². The molecule has 0 radical (unpaired) electrons. The topological polar surface area (TPSA) is 67.4 Å². The van der Waals surface area contributed by atoms with E-state index in [0.717, 1.165) is 29.7 Å². The lowest BCUT2D eigenvalue weighted by Crippen LogP contribution is -2.26. The number of hydrogen-bond acceptors (Lipinski definition) is 3. The molecule has 2 N–H and O–H groups in total. The SMILES string of the molecule is Cc1cccc(NC(=O)c2ccc(NC(=O)C3CCCO3)cc2)c1C. The van der Waals surface area contributed by atoms with Crippen LogP contribution >= 0.6 is 0 Å². The van der Waals surface area contributed by atoms with Crippen molar-refractivity contribution in [3.05, 3.63) is 59.2 Å². The number of ether oxygens (including phenoxy) is 1. The van der Waals surface area contributed by atoms with Crippen molar-refractivity contribution in [1.29, 1.82) is 0 Å². The Bertz CT molecular complexity index is 778. The van der Waals surface area contributed by atoms with Crippen LogP contribution in [0, 0.1) is 13.8 Å². The van der Waals surface area contributed by atoms with Crippen LogP contribution in [0.2, 0.25) is 0 Å². The summed E-state index contributed by atoms with van der Waals surface area (Å²) in [6, 6.07) is 12.7. The summed E-state index contributed by atoms with van der Waals surface area (Å²) in [4.78, 5) is 24.4. The maximum absolute atomic E-state index is 12.4. The molecule has 25 heavy (non-hydrogen) atoms. The molecule has 5 nitrogen and oxygen atoms in total. The number of nitrogens with one attached hydrogen (secondary N) is 2. The Morgan fingerprint density at radius 3 is 2.48 bits per heavy atom. The Morgan fingerprint density at radius 2 is 1.80 bits per heavy atom. The third kappa shape index (κ3) is 4.06. The third-order valence-electron chi connectivity index (χ3n) is 4.49. The van der Waals surface area contributed by atoms with Gasteiger partial charge in [0.1, 0.15) is 6.10 Å². The van der Waals surface area contributed by atoms with E-state index in [-0.39, 0.29) is 17.9 Å². The molecule has 5 heteroatoms. The number of hydrogen-bond donors (Lipinski definition) is 2. The molecule has 1 fully saturated rings. The summed E-state index contributed by atoms with van der Waals surface area (Å²) >= 11 is 0. The molecule has 3 rings (SSSR count). The van der Waals surface area contributed by atoms with Crippen LogP contribution in [-0.4, -0.2) is 24.5 Å². The van der Waals surface area contributed by atoms with E-state index in [1.165, 1.54) is 0 Å². The van der Waals surface area contributed by atoms with E-state index in [2.05, 4.69) is 10.6 Å². The van der Waals surface area contributed by atoms with Gasteiger partial charge in [0.25, 0.3) is 11.8 Å². The van der Waals surface area contributed by atoms with E-state index in [1.807, 2.05) is 32.0 Å². The van der Waals surface area contributed by atoms with Crippen molar-refractivity contribution in [2.75, 3.05) is 17.2 Å². The third-order valence-corrected chi connectivity index (χ3v) is 4.49. The molecule has 0 spiro atoms. The fourth-order valence-electron chi connectivity index (χ4n) is 2.79. The standard InChI is InChI=1S/C20H22N2O3/c1-13-5-3-6-17(14(13)2)22-19(23)15-8-10-16(11-9-15)21-20(24)18-7-4-12-25-18/h3,5-6,8-11,18H,4,7,12H2,1-2H3,(H,21,24)(H,22,23). The molecular formula is C20H22N2O3. The predicted molar refractivity (Wildman–Crippen MR) is 97.9 cm³/mol. The molecule has 2 aromatic carbocycles. The Morgan fingerprint density at radius 1 is 1.04 bits per heavy atom. The lowest BCUT2D eigenvalue weighted by atomic mass is 10.1. The zero-order valence-electron chi connectivity index (χ0n) is 14.5. The lowest BCUT2D eigenvalue weighted by molar-refractivity contribution is -0.124. The smallest absolute Gasteiger partial charge is 0.255 e. The second kappa shape index (κ2) is 7.49. The van der Waals surface area contributed by atoms with E-state index in [1.54, 1.807) is 24.3 Å². The molecule has 1 aliphatic rings. The normalized spacial score (nSPS) is 16.5. The average Bonchev–Trinajstić information content (AvgIpc) is 3.14. The average molecular weight is 338 g/mol. The van der Waals surface area contributed by atoms with Crippen LogP contribution in [0.3, 0.4) is 0 Å². The molecule has 1 aliphatic heterocycles. The molecular weight excluding hydrogens is 316 g/mol. The van der Waals surface area contributed by atoms with Crippen LogP contribution in [-0.2, 0) is 9.53 Å². The van der Waals surface area contributed by atoms with Crippen LogP contribution in [0.5, 0.6) is 0 Å². The maximum Gasteiger partial charge on any atom is 0.255 e. The van der Waals surface area contributed by atoms with Crippen molar-refractivity contribution in [2.45, 2.75) is 32.8 Å². The van der Waals surface area contributed by atoms with Gasteiger partial charge in [0.2, 0.25) is 0 Å². The second-order valence-corrected chi connectivity index (χ2v) is 6.27. The zero-order valence-corrected chi connectivity index (χ0v) is 14.5. The van der Waals surface area contributed by atoms with Crippen molar-refractivity contribution in [3.8, 4) is 0 Å². The fraction of sp³-hybridized carbons (Fsp3) is 0.300. The first-order valence-electron chi connectivity index (χ1n) is 8.44. The van der Waals surface area contributed by atoms with Crippen LogP contribution in [0.25, 0.3) is 0 Å². The monoisotopic (exact) mass is 338 g/mol. The zero-order chi connectivity index (χ0) is 17.8. The Kier molecular flexibility index (Phi) is 5.14. The number of rotatable bonds is 4. The van der Waals surface area contributed by atoms with Crippen LogP contribution < -0.4 is 10.6 Å². The Balaban J connectivity index is 1.64. The highest BCUT2D eigenvalue weighted by atomic mass is 16.5. The highest BCUT2D eigenvalue weighted by molar-refractivity contribution is 6.05. The minimum atomic E-state index is -0.368. The summed E-state index contributed by atoms with van der Waals surface area (Å²) in [5.41, 5.74) is 4.18. The minimum Gasteiger partial charge on any atom is -0.368 e. The van der Waals surface area contributed by atoms with Crippen molar-refractivity contribution in [1.82, 2.24) is 0 Å². The van der Waals surface area contributed by atoms with E-state index in [0.29, 0.717) is 17.9 Å². The summed E-state index contributed by atoms with van der Waals surface area (Å²) in [6.07, 6.45) is 1.30. The molecule has 0 aromatic heterocycles. The van der Waals surface area contributed by atoms with Crippen molar-refractivity contribution in [3.63, 3.8) is 0 Å². The maximum atomic E-state index is 12.4. The van der Waals surface area contributed by atoms with Crippen LogP contribution in [0.1, 0.15) is 34.3 Å². The minimum absolute atomic E-state index is 0.134. The summed E-state index contributed by atoms with van der Waals surface area (Å²) in [7, 11) is 0. The van der Waals surface area contributed by atoms with Gasteiger partial charge < -0.3 is 15.4 Å². The van der Waals surface area contributed by atoms with E-state index in [9.17, 15) is 9.59 Å². The number of benzene rings is 2. The molecule has 2 amide bonds. The van der Waals surface area contributed by atoms with Gasteiger partial charge in [-0.1, -0.05) is 12.1 Å². The molecule has 0 aliphatic carbocycles. The van der Waals surface area contributed by atoms with Gasteiger partial charge in [0.15, 0.2) is 0 Å². The van der Waals surface area contributed by atoms with Gasteiger partial charge in [0.05, 0.1) is 0 Å². The Labute approximate surface area is 147 Å². The summed E-state index contributed by atoms with van der Waals surface area (Å²) in [5, 5.41) is 5.75. The molecule has 0 saturated carbocycles. The second-order valence-electron chi connectivity index (χ2n) is 6.27. The molecule has 130 valence electrons. The highest BCUT2D eigenvalue weighted by Crippen LogP contribution is 2.20. The largest absolute Gasteiger partial charge is 0.368 e. The first-order valence-corrected chi connectivity index (χ1v) is 8.44. The van der Waals surface area contributed by atoms with Gasteiger partial charge in [-0.25, -0.2) is 0 Å². The number of amides is 2. The van der Waals surface area contributed by atoms with Crippen molar-refractivity contribution in [2.24, 2.45) is 0 Å². The van der Waals surface area contributed by atoms with Gasteiger partial charge in [0, 0.05) is 23.5 Å². The molecule has 1 saturated heterocycles. The van der Waals surface area contributed by atoms with Gasteiger partial charge in [-0.2, -0.15) is 0 Å². The summed E-state index contributed by atoms with van der Waals surface area (Å²) in [5.74, 6) is -0.309. The van der Waals surface area contributed by atoms with Crippen LogP contribution in [0.4, 0.5) is 11.4 Å². The van der Waals surface area contributed by atoms with Gasteiger partial charge in [-0.15, -0.1) is 0 Å². The van der Waals surface area contributed by atoms with Gasteiger partial charge >= 0.3 is 0 Å². The highest BCUT2D eigenvalue weighted by Gasteiger charge is 2.23. The quantitative estimate of drug-likeness (QED) is 0.894. The summed E-state index contributed by atoms with van der Waals surface area (Å²) in [6.45, 7) is 4.63. The predicted octanol–water partition coefficient (Wildman–Crippen LogP) is 3.67. The number of carbonyl (C=O) groups excluding carboxylic acids is 2. The van der Waals surface area contributed by atoms with Gasteiger partial charge in [-0.05, 0) is 68.1 Å². The Hall–Kier alpha value is -2.66. The lowest BCUT2D eigenvalue weighted by Gasteiger charge is -2.12. The summed E-state index contributed by atoms with van der Waals surface area (Å²) < 4.78 is 5.36. The number of carbonyl (C=O) groups is 2. The fourth-order valence-corrected chi connectivity index (χ4v) is 2.79. The van der Waals surface area contributed by atoms with E-state index >= 15 is 0 Å². The van der Waals surface area contributed by atoms with Gasteiger partial charge in [-0.3, -0.25) is 9.59 Å². The number of anilines is 2. The number of aryl methyl sites for hydroxylation is 1. The molecule has 1 unspecified atom stereocenters. The molecule has 2 aromatic rings. The molecule has 0 bridgehead atoms. The van der Waals surface area contributed by atoms with Crippen molar-refractivity contribution < 1.29 is 14.3 Å². The first kappa shape index (κ1) is 17.2. The first-order chi connectivity index (χ1) is 12.0. The van der Waals surface area contributed by atoms with Crippen molar-refractivity contribution >= 4 is 23.2 Å². The van der Waals surface area contributed by atoms with E-state index < -0.39 is 0 Å². The molecule has 1 atom stereocenters. The molecule has 1 heterocycles.